The Bertz CT molecular complexity index is 807. The van der Waals surface area contributed by atoms with Crippen LogP contribution in [0, 0.1) is 0 Å². The molecule has 0 bridgehead atoms. The molecule has 2 rings (SSSR count). The first-order chi connectivity index (χ1) is 11.9. The lowest BCUT2D eigenvalue weighted by molar-refractivity contribution is 0.354. The lowest BCUT2D eigenvalue weighted by Crippen LogP contribution is -2.28. The van der Waals surface area contributed by atoms with Crippen molar-refractivity contribution in [2.24, 2.45) is 0 Å². The second-order valence-corrected chi connectivity index (χ2v) is 7.25. The fraction of sp³-hybridized carbons (Fsp3) is 0.312. The molecule has 0 aliphatic carbocycles. The fourth-order valence-corrected chi connectivity index (χ4v) is 2.58. The maximum absolute atomic E-state index is 11.8. The molecule has 25 heavy (non-hydrogen) atoms. The Labute approximate surface area is 148 Å². The Morgan fingerprint density at radius 3 is 2.36 bits per heavy atom. The molecule has 0 spiro atoms. The van der Waals surface area contributed by atoms with E-state index in [0.717, 1.165) is 9.87 Å². The van der Waals surface area contributed by atoms with Crippen molar-refractivity contribution in [3.8, 4) is 11.5 Å². The molecule has 0 aliphatic heterocycles. The highest BCUT2D eigenvalue weighted by molar-refractivity contribution is 7.90. The SMILES string of the molecule is COc1ccc(CNc2ccc(NS(=O)(=O)N(C)C)cn2)cc1OC. The molecule has 0 fully saturated rings. The summed E-state index contributed by atoms with van der Waals surface area (Å²) in [6.45, 7) is 0.538. The van der Waals surface area contributed by atoms with Crippen LogP contribution >= 0.6 is 0 Å². The van der Waals surface area contributed by atoms with Gasteiger partial charge in [0.05, 0.1) is 26.1 Å². The van der Waals surface area contributed by atoms with Gasteiger partial charge in [0.15, 0.2) is 11.5 Å². The molecule has 1 heterocycles. The predicted octanol–water partition coefficient (Wildman–Crippen LogP) is 1.93. The summed E-state index contributed by atoms with van der Waals surface area (Å²) in [7, 11) is 2.55. The van der Waals surface area contributed by atoms with Crippen molar-refractivity contribution < 1.29 is 17.9 Å². The van der Waals surface area contributed by atoms with Crippen LogP contribution in [-0.4, -0.2) is 46.0 Å². The number of nitrogens with zero attached hydrogens (tertiary/aromatic N) is 2. The Balaban J connectivity index is 2.00. The normalized spacial score (nSPS) is 11.2. The minimum atomic E-state index is -3.54. The van der Waals surface area contributed by atoms with Crippen molar-refractivity contribution in [2.45, 2.75) is 6.54 Å². The summed E-state index contributed by atoms with van der Waals surface area (Å²) in [6, 6.07) is 8.99. The van der Waals surface area contributed by atoms with Gasteiger partial charge in [-0.15, -0.1) is 0 Å². The van der Waals surface area contributed by atoms with Crippen molar-refractivity contribution in [3.05, 3.63) is 42.1 Å². The van der Waals surface area contributed by atoms with Gasteiger partial charge >= 0.3 is 10.2 Å². The Hall–Kier alpha value is -2.52. The highest BCUT2D eigenvalue weighted by Gasteiger charge is 2.13. The van der Waals surface area contributed by atoms with E-state index < -0.39 is 10.2 Å². The summed E-state index contributed by atoms with van der Waals surface area (Å²) in [5, 5.41) is 3.17. The Morgan fingerprint density at radius 1 is 1.08 bits per heavy atom. The first-order valence-corrected chi connectivity index (χ1v) is 8.91. The molecule has 2 N–H and O–H groups in total. The molecule has 8 nitrogen and oxygen atoms in total. The minimum absolute atomic E-state index is 0.394. The van der Waals surface area contributed by atoms with Crippen LogP contribution in [-0.2, 0) is 16.8 Å². The van der Waals surface area contributed by atoms with Crippen LogP contribution in [0.3, 0.4) is 0 Å². The highest BCUT2D eigenvalue weighted by atomic mass is 32.2. The van der Waals surface area contributed by atoms with E-state index in [9.17, 15) is 8.42 Å². The van der Waals surface area contributed by atoms with Crippen LogP contribution in [0.15, 0.2) is 36.5 Å². The van der Waals surface area contributed by atoms with Crippen molar-refractivity contribution in [2.75, 3.05) is 38.4 Å². The Morgan fingerprint density at radius 2 is 1.80 bits per heavy atom. The van der Waals surface area contributed by atoms with Gasteiger partial charge in [0.2, 0.25) is 0 Å². The number of ether oxygens (including phenoxy) is 2. The maximum Gasteiger partial charge on any atom is 0.301 e. The first-order valence-electron chi connectivity index (χ1n) is 7.47. The number of nitrogens with one attached hydrogen (secondary N) is 2. The highest BCUT2D eigenvalue weighted by Crippen LogP contribution is 2.27. The summed E-state index contributed by atoms with van der Waals surface area (Å²) in [5.41, 5.74) is 1.39. The number of benzene rings is 1. The van der Waals surface area contributed by atoms with Crippen molar-refractivity contribution in [1.82, 2.24) is 9.29 Å². The average Bonchev–Trinajstić information content (AvgIpc) is 2.60. The number of rotatable bonds is 8. The lowest BCUT2D eigenvalue weighted by Gasteiger charge is -2.13. The van der Waals surface area contributed by atoms with Crippen LogP contribution < -0.4 is 19.5 Å². The van der Waals surface area contributed by atoms with Gasteiger partial charge in [0, 0.05) is 20.6 Å². The van der Waals surface area contributed by atoms with Crippen LogP contribution in [0.5, 0.6) is 11.5 Å². The molecule has 9 heteroatoms. The van der Waals surface area contributed by atoms with Gasteiger partial charge in [0.25, 0.3) is 0 Å². The van der Waals surface area contributed by atoms with E-state index in [1.807, 2.05) is 18.2 Å². The molecule has 0 atom stereocenters. The summed E-state index contributed by atoms with van der Waals surface area (Å²) >= 11 is 0. The topological polar surface area (TPSA) is 92.8 Å². The number of hydrogen-bond donors (Lipinski definition) is 2. The predicted molar refractivity (Wildman–Crippen MR) is 97.3 cm³/mol. The van der Waals surface area contributed by atoms with E-state index in [-0.39, 0.29) is 0 Å². The second-order valence-electron chi connectivity index (χ2n) is 5.36. The number of aromatic nitrogens is 1. The van der Waals surface area contributed by atoms with Gasteiger partial charge in [-0.2, -0.15) is 12.7 Å². The van der Waals surface area contributed by atoms with Crippen molar-refractivity contribution >= 4 is 21.7 Å². The van der Waals surface area contributed by atoms with Gasteiger partial charge in [-0.05, 0) is 29.8 Å². The third-order valence-corrected chi connectivity index (χ3v) is 4.87. The van der Waals surface area contributed by atoms with Crippen LogP contribution in [0.4, 0.5) is 11.5 Å². The molecule has 0 radical (unpaired) electrons. The van der Waals surface area contributed by atoms with Gasteiger partial charge in [-0.25, -0.2) is 4.98 Å². The van der Waals surface area contributed by atoms with E-state index in [4.69, 9.17) is 9.47 Å². The van der Waals surface area contributed by atoms with Gasteiger partial charge in [-0.3, -0.25) is 4.72 Å². The average molecular weight is 366 g/mol. The summed E-state index contributed by atoms with van der Waals surface area (Å²) in [6.07, 6.45) is 1.46. The third-order valence-electron chi connectivity index (χ3n) is 3.41. The lowest BCUT2D eigenvalue weighted by atomic mass is 10.2. The van der Waals surface area contributed by atoms with Gasteiger partial charge in [0.1, 0.15) is 5.82 Å². The standard InChI is InChI=1S/C16H22N4O4S/c1-20(2)25(21,22)19-13-6-8-16(18-11-13)17-10-12-5-7-14(23-3)15(9-12)24-4/h5-9,11,19H,10H2,1-4H3,(H,17,18). The molecular formula is C16H22N4O4S. The van der Waals surface area contributed by atoms with E-state index >= 15 is 0 Å². The van der Waals surface area contributed by atoms with Crippen LogP contribution in [0.25, 0.3) is 0 Å². The number of pyridine rings is 1. The molecule has 0 saturated heterocycles. The smallest absolute Gasteiger partial charge is 0.301 e. The monoisotopic (exact) mass is 366 g/mol. The van der Waals surface area contributed by atoms with Crippen LogP contribution in [0.2, 0.25) is 0 Å². The number of hydrogen-bond acceptors (Lipinski definition) is 6. The van der Waals surface area contributed by atoms with Gasteiger partial charge in [-0.1, -0.05) is 6.07 Å². The summed E-state index contributed by atoms with van der Waals surface area (Å²) in [4.78, 5) is 4.20. The molecule has 0 amide bonds. The Kier molecular flexibility index (Phi) is 6.05. The fourth-order valence-electron chi connectivity index (χ4n) is 1.98. The molecule has 2 aromatic rings. The maximum atomic E-state index is 11.8. The van der Waals surface area contributed by atoms with Crippen LogP contribution in [0.1, 0.15) is 5.56 Å². The van der Waals surface area contributed by atoms with E-state index in [0.29, 0.717) is 29.5 Å². The van der Waals surface area contributed by atoms with E-state index in [1.54, 1.807) is 26.4 Å². The quantitative estimate of drug-likeness (QED) is 0.742. The first kappa shape index (κ1) is 18.8. The zero-order valence-corrected chi connectivity index (χ0v) is 15.4. The molecule has 0 unspecified atom stereocenters. The zero-order chi connectivity index (χ0) is 18.4. The number of methoxy groups -OCH3 is 2. The third kappa shape index (κ3) is 4.97. The van der Waals surface area contributed by atoms with E-state index in [2.05, 4.69) is 15.0 Å². The van der Waals surface area contributed by atoms with Crippen molar-refractivity contribution in [1.29, 1.82) is 0 Å². The minimum Gasteiger partial charge on any atom is -0.493 e. The zero-order valence-electron chi connectivity index (χ0n) is 14.6. The molecule has 0 aliphatic rings. The second kappa shape index (κ2) is 8.04. The number of anilines is 2. The molecule has 1 aromatic heterocycles. The molecule has 1 aromatic carbocycles. The molecular weight excluding hydrogens is 344 g/mol. The largest absolute Gasteiger partial charge is 0.493 e. The van der Waals surface area contributed by atoms with Gasteiger partial charge < -0.3 is 14.8 Å². The summed E-state index contributed by atoms with van der Waals surface area (Å²) in [5.74, 6) is 1.95. The van der Waals surface area contributed by atoms with E-state index in [1.165, 1.54) is 20.3 Å². The summed E-state index contributed by atoms with van der Waals surface area (Å²) < 4.78 is 37.5. The molecule has 0 saturated carbocycles. The van der Waals surface area contributed by atoms with Crippen molar-refractivity contribution in [3.63, 3.8) is 0 Å². The molecule has 136 valence electrons.